The fraction of sp³-hybridized carbons (Fsp3) is 0.500. The van der Waals surface area contributed by atoms with E-state index in [0.717, 1.165) is 43.7 Å². The second kappa shape index (κ2) is 6.34. The van der Waals surface area contributed by atoms with Crippen molar-refractivity contribution in [1.29, 1.82) is 0 Å². The van der Waals surface area contributed by atoms with Crippen LogP contribution in [0, 0.1) is 11.7 Å². The second-order valence-corrected chi connectivity index (χ2v) is 6.85. The number of nitrogens with zero attached hydrogens (tertiary/aromatic N) is 3. The fourth-order valence-corrected chi connectivity index (χ4v) is 3.29. The van der Waals surface area contributed by atoms with Gasteiger partial charge in [0.15, 0.2) is 5.82 Å². The van der Waals surface area contributed by atoms with Gasteiger partial charge in [0.1, 0.15) is 11.6 Å². The Bertz CT molecular complexity index is 715. The maximum atomic E-state index is 13.0. The van der Waals surface area contributed by atoms with Gasteiger partial charge in [-0.2, -0.15) is 5.10 Å². The number of hydrogen-bond donors (Lipinski definition) is 1. The Morgan fingerprint density at radius 2 is 1.88 bits per heavy atom. The van der Waals surface area contributed by atoms with Crippen molar-refractivity contribution in [3.63, 3.8) is 0 Å². The summed E-state index contributed by atoms with van der Waals surface area (Å²) in [5, 5.41) is 7.27. The first-order chi connectivity index (χ1) is 11.7. The molecule has 1 amide bonds. The number of nitrogens with one attached hydrogen (secondary N) is 1. The third-order valence-electron chi connectivity index (χ3n) is 5.00. The molecule has 0 atom stereocenters. The molecule has 4 rings (SSSR count). The van der Waals surface area contributed by atoms with Crippen LogP contribution in [0.1, 0.15) is 43.8 Å². The van der Waals surface area contributed by atoms with Gasteiger partial charge < -0.3 is 4.90 Å². The molecule has 0 radical (unpaired) electrons. The van der Waals surface area contributed by atoms with Crippen LogP contribution in [-0.4, -0.2) is 39.1 Å². The van der Waals surface area contributed by atoms with Gasteiger partial charge >= 0.3 is 0 Å². The van der Waals surface area contributed by atoms with Crippen LogP contribution >= 0.6 is 0 Å². The zero-order chi connectivity index (χ0) is 16.5. The normalized spacial score (nSPS) is 18.8. The highest BCUT2D eigenvalue weighted by Crippen LogP contribution is 2.34. The standard InChI is InChI=1S/C18H21FN4O/c19-15-5-3-13(4-6-15)17-20-18(22-21-17)14-7-9-23(10-8-14)16(24)11-12-1-2-12/h3-6,12,14H,1-2,7-11H2,(H,20,21,22). The highest BCUT2D eigenvalue weighted by atomic mass is 19.1. The molecule has 0 spiro atoms. The molecule has 1 aromatic carbocycles. The maximum Gasteiger partial charge on any atom is 0.222 e. The van der Waals surface area contributed by atoms with Crippen molar-refractivity contribution in [3.8, 4) is 11.4 Å². The average molecular weight is 328 g/mol. The number of carbonyl (C=O) groups is 1. The minimum atomic E-state index is -0.266. The van der Waals surface area contributed by atoms with E-state index >= 15 is 0 Å². The van der Waals surface area contributed by atoms with Crippen LogP contribution in [-0.2, 0) is 4.79 Å². The van der Waals surface area contributed by atoms with E-state index in [1.807, 2.05) is 4.90 Å². The van der Waals surface area contributed by atoms with Gasteiger partial charge in [-0.3, -0.25) is 9.89 Å². The van der Waals surface area contributed by atoms with Gasteiger partial charge in [0.2, 0.25) is 5.91 Å². The van der Waals surface area contributed by atoms with Crippen LogP contribution in [0.4, 0.5) is 4.39 Å². The smallest absolute Gasteiger partial charge is 0.222 e. The molecule has 0 bridgehead atoms. The van der Waals surface area contributed by atoms with Gasteiger partial charge in [-0.1, -0.05) is 0 Å². The number of piperidine rings is 1. The van der Waals surface area contributed by atoms with Crippen molar-refractivity contribution in [2.24, 2.45) is 5.92 Å². The molecule has 2 heterocycles. The molecular formula is C18H21FN4O. The molecule has 1 saturated heterocycles. The lowest BCUT2D eigenvalue weighted by molar-refractivity contribution is -0.132. The lowest BCUT2D eigenvalue weighted by Crippen LogP contribution is -2.38. The Hall–Kier alpha value is -2.24. The molecule has 126 valence electrons. The Morgan fingerprint density at radius 3 is 2.54 bits per heavy atom. The lowest BCUT2D eigenvalue weighted by atomic mass is 9.96. The molecule has 24 heavy (non-hydrogen) atoms. The number of rotatable bonds is 4. The molecule has 1 aliphatic carbocycles. The summed E-state index contributed by atoms with van der Waals surface area (Å²) in [4.78, 5) is 18.7. The van der Waals surface area contributed by atoms with Gasteiger partial charge in [0, 0.05) is 31.0 Å². The molecule has 1 saturated carbocycles. The first-order valence-corrected chi connectivity index (χ1v) is 8.65. The van der Waals surface area contributed by atoms with Gasteiger partial charge in [0.05, 0.1) is 0 Å². The van der Waals surface area contributed by atoms with Crippen LogP contribution in [0.3, 0.4) is 0 Å². The highest BCUT2D eigenvalue weighted by molar-refractivity contribution is 5.76. The van der Waals surface area contributed by atoms with E-state index in [1.165, 1.54) is 25.0 Å². The monoisotopic (exact) mass is 328 g/mol. The summed E-state index contributed by atoms with van der Waals surface area (Å²) in [6.45, 7) is 1.59. The van der Waals surface area contributed by atoms with E-state index < -0.39 is 0 Å². The van der Waals surface area contributed by atoms with Crippen molar-refractivity contribution >= 4 is 5.91 Å². The summed E-state index contributed by atoms with van der Waals surface area (Å²) in [7, 11) is 0. The zero-order valence-corrected chi connectivity index (χ0v) is 13.5. The summed E-state index contributed by atoms with van der Waals surface area (Å²) in [6, 6.07) is 6.19. The van der Waals surface area contributed by atoms with E-state index in [2.05, 4.69) is 15.2 Å². The number of aromatic amines is 1. The van der Waals surface area contributed by atoms with Crippen LogP contribution in [0.2, 0.25) is 0 Å². The first kappa shape index (κ1) is 15.3. The van der Waals surface area contributed by atoms with E-state index in [9.17, 15) is 9.18 Å². The number of hydrogen-bond acceptors (Lipinski definition) is 3. The molecule has 0 unspecified atom stereocenters. The van der Waals surface area contributed by atoms with Crippen molar-refractivity contribution in [2.75, 3.05) is 13.1 Å². The zero-order valence-electron chi connectivity index (χ0n) is 13.5. The lowest BCUT2D eigenvalue weighted by Gasteiger charge is -2.31. The molecular weight excluding hydrogens is 307 g/mol. The van der Waals surface area contributed by atoms with Crippen molar-refractivity contribution in [3.05, 3.63) is 35.9 Å². The molecule has 2 fully saturated rings. The fourth-order valence-electron chi connectivity index (χ4n) is 3.29. The molecule has 5 nitrogen and oxygen atoms in total. The molecule has 2 aliphatic rings. The topological polar surface area (TPSA) is 61.9 Å². The van der Waals surface area contributed by atoms with Crippen LogP contribution in [0.5, 0.6) is 0 Å². The van der Waals surface area contributed by atoms with Crippen LogP contribution in [0.25, 0.3) is 11.4 Å². The Kier molecular flexibility index (Phi) is 4.04. The highest BCUT2D eigenvalue weighted by Gasteiger charge is 2.30. The average Bonchev–Trinajstić information content (AvgIpc) is 3.28. The van der Waals surface area contributed by atoms with Crippen molar-refractivity contribution < 1.29 is 9.18 Å². The van der Waals surface area contributed by atoms with E-state index in [-0.39, 0.29) is 5.82 Å². The van der Waals surface area contributed by atoms with Gasteiger partial charge in [-0.15, -0.1) is 0 Å². The molecule has 1 aromatic heterocycles. The molecule has 6 heteroatoms. The first-order valence-electron chi connectivity index (χ1n) is 8.65. The molecule has 1 N–H and O–H groups in total. The van der Waals surface area contributed by atoms with Crippen molar-refractivity contribution in [2.45, 2.75) is 38.0 Å². The number of halogens is 1. The van der Waals surface area contributed by atoms with Gasteiger partial charge in [0.25, 0.3) is 0 Å². The maximum absolute atomic E-state index is 13.0. The number of aromatic nitrogens is 3. The third-order valence-corrected chi connectivity index (χ3v) is 5.00. The number of benzene rings is 1. The Morgan fingerprint density at radius 1 is 1.17 bits per heavy atom. The van der Waals surface area contributed by atoms with Crippen molar-refractivity contribution in [1.82, 2.24) is 20.1 Å². The third kappa shape index (κ3) is 3.32. The molecule has 2 aromatic rings. The SMILES string of the molecule is O=C(CC1CC1)N1CCC(c2nc(-c3ccc(F)cc3)n[nH]2)CC1. The van der Waals surface area contributed by atoms with Gasteiger partial charge in [-0.25, -0.2) is 9.37 Å². The van der Waals surface area contributed by atoms with Crippen LogP contribution < -0.4 is 0 Å². The minimum Gasteiger partial charge on any atom is -0.343 e. The summed E-state index contributed by atoms with van der Waals surface area (Å²) in [5.41, 5.74) is 0.802. The summed E-state index contributed by atoms with van der Waals surface area (Å²) in [5.74, 6) is 2.44. The number of H-pyrrole nitrogens is 1. The predicted molar refractivity (Wildman–Crippen MR) is 87.7 cm³/mol. The van der Waals surface area contributed by atoms with E-state index in [0.29, 0.717) is 23.6 Å². The summed E-state index contributed by atoms with van der Waals surface area (Å²) in [6.07, 6.45) is 4.98. The predicted octanol–water partition coefficient (Wildman–Crippen LogP) is 3.12. The number of carbonyl (C=O) groups excluding carboxylic acids is 1. The summed E-state index contributed by atoms with van der Waals surface area (Å²) >= 11 is 0. The van der Waals surface area contributed by atoms with E-state index in [4.69, 9.17) is 0 Å². The minimum absolute atomic E-state index is 0.266. The number of likely N-dealkylation sites (tertiary alicyclic amines) is 1. The Labute approximate surface area is 140 Å². The quantitative estimate of drug-likeness (QED) is 0.938. The van der Waals surface area contributed by atoms with E-state index in [1.54, 1.807) is 12.1 Å². The second-order valence-electron chi connectivity index (χ2n) is 6.85. The summed E-state index contributed by atoms with van der Waals surface area (Å²) < 4.78 is 13.0. The Balaban J connectivity index is 1.37. The van der Waals surface area contributed by atoms with Crippen LogP contribution in [0.15, 0.2) is 24.3 Å². The molecule has 1 aliphatic heterocycles. The largest absolute Gasteiger partial charge is 0.343 e. The number of amides is 1. The van der Waals surface area contributed by atoms with Gasteiger partial charge in [-0.05, 0) is 55.9 Å².